The van der Waals surface area contributed by atoms with Crippen LogP contribution in [0.4, 0.5) is 4.39 Å². The number of hydrogen-bond acceptors (Lipinski definition) is 9. The van der Waals surface area contributed by atoms with Crippen LogP contribution in [0.1, 0.15) is 49.8 Å². The number of hydrogen-bond donors (Lipinski definition) is 5. The fraction of sp³-hybridized carbons (Fsp3) is 0.552. The Kier molecular flexibility index (Phi) is 6.83. The van der Waals surface area contributed by atoms with Gasteiger partial charge in [0.1, 0.15) is 28.7 Å². The van der Waals surface area contributed by atoms with Crippen molar-refractivity contribution in [1.29, 1.82) is 0 Å². The van der Waals surface area contributed by atoms with E-state index in [0.29, 0.717) is 12.5 Å². The molecule has 6 N–H and O–H groups in total. The molecule has 2 fully saturated rings. The molecular formula is C29H36FN3O7. The number of benzene rings is 1. The number of primary amides is 1. The van der Waals surface area contributed by atoms with Crippen molar-refractivity contribution >= 4 is 23.2 Å². The van der Waals surface area contributed by atoms with Crippen molar-refractivity contribution < 1.29 is 39.2 Å². The Bertz CT molecular complexity index is 1380. The SMILES string of the molecule is CCN(Cc1cc(O)c2c(c1F)C[C@H]1C[C@H]3[C@H](N(C)C)C(=O)C(C(N)=O)=C(O)[C@@]3(O)C(=O)C1=C2O)[C@H](C)C1CC1. The quantitative estimate of drug-likeness (QED) is 0.314. The number of nitrogens with zero attached hydrogens (tertiary/aromatic N) is 2. The molecule has 0 saturated heterocycles. The van der Waals surface area contributed by atoms with E-state index in [9.17, 15) is 34.8 Å². The topological polar surface area (TPSA) is 165 Å². The number of ketones is 2. The molecule has 4 aliphatic rings. The summed E-state index contributed by atoms with van der Waals surface area (Å²) < 4.78 is 16.1. The molecule has 40 heavy (non-hydrogen) atoms. The van der Waals surface area contributed by atoms with E-state index in [1.54, 1.807) is 0 Å². The molecule has 5 rings (SSSR count). The van der Waals surface area contributed by atoms with Gasteiger partial charge in [-0.15, -0.1) is 0 Å². The van der Waals surface area contributed by atoms with Crippen LogP contribution in [0.25, 0.3) is 5.76 Å². The second-order valence-electron chi connectivity index (χ2n) is 11.8. The molecule has 0 spiro atoms. The molecule has 10 nitrogen and oxygen atoms in total. The highest BCUT2D eigenvalue weighted by atomic mass is 19.1. The molecule has 0 radical (unpaired) electrons. The molecule has 216 valence electrons. The summed E-state index contributed by atoms with van der Waals surface area (Å²) in [7, 11) is 3.05. The maximum Gasteiger partial charge on any atom is 0.255 e. The molecule has 0 heterocycles. The minimum atomic E-state index is -2.72. The predicted octanol–water partition coefficient (Wildman–Crippen LogP) is 1.72. The lowest BCUT2D eigenvalue weighted by atomic mass is 9.57. The van der Waals surface area contributed by atoms with Crippen LogP contribution in [0.3, 0.4) is 0 Å². The summed E-state index contributed by atoms with van der Waals surface area (Å²) in [5.74, 6) is -7.57. The van der Waals surface area contributed by atoms with Crippen molar-refractivity contribution in [1.82, 2.24) is 9.80 Å². The van der Waals surface area contributed by atoms with Gasteiger partial charge in [0.15, 0.2) is 11.4 Å². The number of aromatic hydroxyl groups is 1. The van der Waals surface area contributed by atoms with Crippen molar-refractivity contribution in [2.75, 3.05) is 20.6 Å². The molecule has 0 bridgehead atoms. The number of aliphatic hydroxyl groups is 3. The monoisotopic (exact) mass is 557 g/mol. The van der Waals surface area contributed by atoms with Crippen molar-refractivity contribution in [3.8, 4) is 5.75 Å². The number of phenols is 1. The van der Waals surface area contributed by atoms with Crippen LogP contribution in [-0.2, 0) is 27.3 Å². The van der Waals surface area contributed by atoms with Gasteiger partial charge in [-0.25, -0.2) is 4.39 Å². The first-order valence-corrected chi connectivity index (χ1v) is 13.7. The highest BCUT2D eigenvalue weighted by molar-refractivity contribution is 6.24. The summed E-state index contributed by atoms with van der Waals surface area (Å²) >= 11 is 0. The summed E-state index contributed by atoms with van der Waals surface area (Å²) in [6, 6.07) is 0.306. The molecule has 0 unspecified atom stereocenters. The van der Waals surface area contributed by atoms with E-state index < -0.39 is 69.6 Å². The number of carbonyl (C=O) groups is 3. The largest absolute Gasteiger partial charge is 0.508 e. The summed E-state index contributed by atoms with van der Waals surface area (Å²) in [5.41, 5.74) is 1.52. The lowest BCUT2D eigenvalue weighted by molar-refractivity contribution is -0.153. The van der Waals surface area contributed by atoms with Crippen LogP contribution < -0.4 is 5.73 Å². The lowest BCUT2D eigenvalue weighted by Gasteiger charge is -2.50. The average Bonchev–Trinajstić information content (AvgIpc) is 3.72. The van der Waals surface area contributed by atoms with Crippen LogP contribution in [0, 0.1) is 23.6 Å². The molecule has 0 aliphatic heterocycles. The lowest BCUT2D eigenvalue weighted by Crippen LogP contribution is -2.65. The molecule has 0 aromatic heterocycles. The molecule has 2 saturated carbocycles. The summed E-state index contributed by atoms with van der Waals surface area (Å²) in [4.78, 5) is 42.7. The minimum absolute atomic E-state index is 0.0516. The van der Waals surface area contributed by atoms with E-state index in [2.05, 4.69) is 11.8 Å². The Labute approximate surface area is 231 Å². The van der Waals surface area contributed by atoms with Crippen molar-refractivity contribution in [3.63, 3.8) is 0 Å². The number of phenolic OH excluding ortho intramolecular Hbond substituents is 1. The van der Waals surface area contributed by atoms with Crippen molar-refractivity contribution in [2.24, 2.45) is 23.5 Å². The number of fused-ring (bicyclic) bond motifs is 3. The molecule has 1 amide bonds. The van der Waals surface area contributed by atoms with Crippen LogP contribution >= 0.6 is 0 Å². The number of Topliss-reactive ketones (excluding diaryl/α,β-unsaturated/α-hetero) is 2. The van der Waals surface area contributed by atoms with E-state index >= 15 is 4.39 Å². The number of nitrogens with two attached hydrogens (primary N) is 1. The van der Waals surface area contributed by atoms with Crippen molar-refractivity contribution in [2.45, 2.75) is 63.8 Å². The first-order chi connectivity index (χ1) is 18.7. The van der Waals surface area contributed by atoms with E-state index in [1.165, 1.54) is 25.1 Å². The van der Waals surface area contributed by atoms with E-state index in [4.69, 9.17) is 5.73 Å². The fourth-order valence-electron chi connectivity index (χ4n) is 7.10. The Morgan fingerprint density at radius 1 is 1.23 bits per heavy atom. The van der Waals surface area contributed by atoms with Gasteiger partial charge in [0, 0.05) is 35.2 Å². The Morgan fingerprint density at radius 3 is 2.42 bits per heavy atom. The van der Waals surface area contributed by atoms with Crippen LogP contribution in [-0.4, -0.2) is 86.0 Å². The standard InChI is InChI=1S/C29H36FN3O7/c1-5-33(12(2)13-6-7-13)11-15-10-18(34)20-16(22(15)30)8-14-9-17-23(32(3)4)25(36)21(28(31)39)27(38)29(17,40)26(37)19(14)24(20)35/h10,12-14,17,23,34-35,38,40H,5-9,11H2,1-4H3,(H2,31,39)/t12-,14+,17+,23+,29+/m1/s1. The highest BCUT2D eigenvalue weighted by Gasteiger charge is 2.64. The zero-order chi connectivity index (χ0) is 29.4. The normalized spacial score (nSPS) is 29.1. The molecule has 1 aromatic rings. The van der Waals surface area contributed by atoms with Crippen molar-refractivity contribution in [3.05, 3.63) is 45.5 Å². The summed E-state index contributed by atoms with van der Waals surface area (Å²) in [6.07, 6.45) is 2.09. The van der Waals surface area contributed by atoms with E-state index in [1.807, 2.05) is 6.92 Å². The fourth-order valence-corrected chi connectivity index (χ4v) is 7.10. The van der Waals surface area contributed by atoms with Crippen LogP contribution in [0.2, 0.25) is 0 Å². The van der Waals surface area contributed by atoms with Gasteiger partial charge >= 0.3 is 0 Å². The van der Waals surface area contributed by atoms with E-state index in [0.717, 1.165) is 12.8 Å². The number of aliphatic hydroxyl groups excluding tert-OH is 2. The molecule has 5 atom stereocenters. The summed E-state index contributed by atoms with van der Waals surface area (Å²) in [5, 5.41) is 44.7. The number of carbonyl (C=O) groups excluding carboxylic acids is 3. The number of likely N-dealkylation sites (N-methyl/N-ethyl adjacent to an activating group) is 1. The van der Waals surface area contributed by atoms with Gasteiger partial charge in [0.25, 0.3) is 5.91 Å². The zero-order valence-corrected chi connectivity index (χ0v) is 23.1. The number of halogens is 1. The minimum Gasteiger partial charge on any atom is -0.508 e. The maximum absolute atomic E-state index is 16.1. The smallest absolute Gasteiger partial charge is 0.255 e. The molecule has 4 aliphatic carbocycles. The van der Waals surface area contributed by atoms with Gasteiger partial charge in [0.05, 0.1) is 11.6 Å². The van der Waals surface area contributed by atoms with Gasteiger partial charge in [0.2, 0.25) is 5.78 Å². The van der Waals surface area contributed by atoms with Crippen LogP contribution in [0.5, 0.6) is 5.75 Å². The maximum atomic E-state index is 16.1. The molecule has 11 heteroatoms. The second-order valence-corrected chi connectivity index (χ2v) is 11.8. The van der Waals surface area contributed by atoms with E-state index in [-0.39, 0.29) is 47.7 Å². The third-order valence-corrected chi connectivity index (χ3v) is 9.39. The summed E-state index contributed by atoms with van der Waals surface area (Å²) in [6.45, 7) is 5.04. The Hall–Kier alpha value is -3.28. The molecule has 1 aromatic carbocycles. The van der Waals surface area contributed by atoms with Gasteiger partial charge in [-0.05, 0) is 71.1 Å². The van der Waals surface area contributed by atoms with Gasteiger partial charge in [-0.3, -0.25) is 24.2 Å². The number of amides is 1. The molecular weight excluding hydrogens is 521 g/mol. The average molecular weight is 558 g/mol. The third kappa shape index (κ3) is 3.97. The highest BCUT2D eigenvalue weighted by Crippen LogP contribution is 2.53. The Balaban J connectivity index is 1.62. The van der Waals surface area contributed by atoms with Gasteiger partial charge in [-0.1, -0.05) is 6.92 Å². The Morgan fingerprint density at radius 2 is 1.88 bits per heavy atom. The zero-order valence-electron chi connectivity index (χ0n) is 23.1. The number of rotatable bonds is 7. The second kappa shape index (κ2) is 9.67. The van der Waals surface area contributed by atoms with Gasteiger partial charge < -0.3 is 26.2 Å². The first kappa shape index (κ1) is 28.3. The van der Waals surface area contributed by atoms with Gasteiger partial charge in [-0.2, -0.15) is 0 Å². The predicted molar refractivity (Wildman–Crippen MR) is 142 cm³/mol. The third-order valence-electron chi connectivity index (χ3n) is 9.39. The first-order valence-electron chi connectivity index (χ1n) is 13.7. The van der Waals surface area contributed by atoms with Crippen LogP contribution in [0.15, 0.2) is 23.0 Å².